The molecule has 3 fully saturated rings. The lowest BCUT2D eigenvalue weighted by Crippen LogP contribution is -2.53. The van der Waals surface area contributed by atoms with Crippen molar-refractivity contribution in [2.75, 3.05) is 23.7 Å². The summed E-state index contributed by atoms with van der Waals surface area (Å²) in [5.74, 6) is -3.64. The maximum absolute atomic E-state index is 15.8. The third kappa shape index (κ3) is 2.84. The quantitative estimate of drug-likeness (QED) is 0.635. The van der Waals surface area contributed by atoms with Gasteiger partial charge in [0.1, 0.15) is 17.4 Å². The molecule has 3 atom stereocenters. The van der Waals surface area contributed by atoms with Crippen molar-refractivity contribution in [1.29, 1.82) is 0 Å². The van der Waals surface area contributed by atoms with E-state index in [1.54, 1.807) is 0 Å². The number of carboxylic acids is 1. The number of halogens is 3. The van der Waals surface area contributed by atoms with Gasteiger partial charge in [0.2, 0.25) is 5.43 Å². The van der Waals surface area contributed by atoms with Gasteiger partial charge in [-0.15, -0.1) is 0 Å². The molecule has 2 saturated carbocycles. The van der Waals surface area contributed by atoms with Crippen molar-refractivity contribution in [3.8, 4) is 0 Å². The SMILES string of the molecule is Nc1c(F)c(N2CCC(C3(N)CCC3)C2)c(F)c2c1c(=O)c(C(=O)O)cn2[C@@H]1C[C@@H]1F. The maximum Gasteiger partial charge on any atom is 0.341 e. The zero-order valence-corrected chi connectivity index (χ0v) is 16.7. The van der Waals surface area contributed by atoms with Gasteiger partial charge in [-0.3, -0.25) is 4.79 Å². The number of hydrogen-bond acceptors (Lipinski definition) is 5. The largest absolute Gasteiger partial charge is 0.477 e. The molecule has 1 unspecified atom stereocenters. The van der Waals surface area contributed by atoms with E-state index in [9.17, 15) is 19.1 Å². The van der Waals surface area contributed by atoms with E-state index in [0.29, 0.717) is 19.5 Å². The fourth-order valence-corrected chi connectivity index (χ4v) is 5.11. The molecule has 0 spiro atoms. The van der Waals surface area contributed by atoms with E-state index in [2.05, 4.69) is 0 Å². The van der Waals surface area contributed by atoms with E-state index >= 15 is 8.78 Å². The molecular weight excluding hydrogens is 413 g/mol. The summed E-state index contributed by atoms with van der Waals surface area (Å²) in [4.78, 5) is 25.8. The highest BCUT2D eigenvalue weighted by molar-refractivity contribution is 5.99. The number of aromatic nitrogens is 1. The molecule has 10 heteroatoms. The zero-order valence-electron chi connectivity index (χ0n) is 16.7. The van der Waals surface area contributed by atoms with Crippen LogP contribution in [0.4, 0.5) is 24.5 Å². The normalized spacial score (nSPS) is 26.8. The zero-order chi connectivity index (χ0) is 22.2. The number of carbonyl (C=O) groups is 1. The van der Waals surface area contributed by atoms with E-state index in [0.717, 1.165) is 30.0 Å². The topological polar surface area (TPSA) is 115 Å². The van der Waals surface area contributed by atoms with E-state index < -0.39 is 51.9 Å². The minimum Gasteiger partial charge on any atom is -0.477 e. The second kappa shape index (κ2) is 6.62. The molecule has 7 nitrogen and oxygen atoms in total. The van der Waals surface area contributed by atoms with Crippen LogP contribution in [0, 0.1) is 17.6 Å². The maximum atomic E-state index is 15.8. The Kier molecular flexibility index (Phi) is 4.31. The third-order valence-corrected chi connectivity index (χ3v) is 7.24. The number of nitrogens with two attached hydrogens (primary N) is 2. The number of hydrogen-bond donors (Lipinski definition) is 3. The van der Waals surface area contributed by atoms with Gasteiger partial charge in [-0.1, -0.05) is 0 Å². The van der Waals surface area contributed by atoms with E-state index in [1.165, 1.54) is 4.90 Å². The van der Waals surface area contributed by atoms with Crippen LogP contribution in [0.5, 0.6) is 0 Å². The Morgan fingerprint density at radius 1 is 1.26 bits per heavy atom. The molecule has 0 radical (unpaired) electrons. The number of pyridine rings is 1. The predicted octanol–water partition coefficient (Wildman–Crippen LogP) is 2.55. The molecule has 0 bridgehead atoms. The second-order valence-electron chi connectivity index (χ2n) is 9.04. The van der Waals surface area contributed by atoms with E-state index in [-0.39, 0.29) is 29.1 Å². The first-order valence-electron chi connectivity index (χ1n) is 10.4. The Bertz CT molecular complexity index is 1180. The number of anilines is 2. The lowest BCUT2D eigenvalue weighted by molar-refractivity contribution is 0.0694. The number of rotatable bonds is 4. The van der Waals surface area contributed by atoms with Crippen molar-refractivity contribution in [3.63, 3.8) is 0 Å². The molecule has 5 N–H and O–H groups in total. The average Bonchev–Trinajstić information content (AvgIpc) is 3.21. The fourth-order valence-electron chi connectivity index (χ4n) is 5.11. The molecule has 2 aliphatic carbocycles. The van der Waals surface area contributed by atoms with Gasteiger partial charge in [-0.25, -0.2) is 18.0 Å². The highest BCUT2D eigenvalue weighted by Gasteiger charge is 2.45. The Morgan fingerprint density at radius 3 is 2.48 bits per heavy atom. The Balaban J connectivity index is 1.70. The van der Waals surface area contributed by atoms with Gasteiger partial charge in [0.05, 0.1) is 22.6 Å². The fraction of sp³-hybridized carbons (Fsp3) is 0.524. The summed E-state index contributed by atoms with van der Waals surface area (Å²) < 4.78 is 46.0. The first-order chi connectivity index (χ1) is 14.6. The van der Waals surface area contributed by atoms with Crippen LogP contribution >= 0.6 is 0 Å². The summed E-state index contributed by atoms with van der Waals surface area (Å²) in [7, 11) is 0. The summed E-state index contributed by atoms with van der Waals surface area (Å²) in [5, 5.41) is 8.79. The highest BCUT2D eigenvalue weighted by atomic mass is 19.1. The van der Waals surface area contributed by atoms with Crippen LogP contribution in [-0.4, -0.2) is 40.4 Å². The third-order valence-electron chi connectivity index (χ3n) is 7.24. The first kappa shape index (κ1) is 20.2. The molecule has 0 amide bonds. The van der Waals surface area contributed by atoms with Gasteiger partial charge >= 0.3 is 5.97 Å². The van der Waals surface area contributed by atoms with Crippen molar-refractivity contribution in [2.24, 2.45) is 11.7 Å². The number of nitrogen functional groups attached to an aromatic ring is 1. The number of benzene rings is 1. The number of alkyl halides is 1. The van der Waals surface area contributed by atoms with E-state index in [1.807, 2.05) is 0 Å². The van der Waals surface area contributed by atoms with Crippen molar-refractivity contribution in [2.45, 2.75) is 49.9 Å². The molecule has 1 aliphatic heterocycles. The van der Waals surface area contributed by atoms with Crippen molar-refractivity contribution in [1.82, 2.24) is 4.57 Å². The number of aromatic carboxylic acids is 1. The van der Waals surface area contributed by atoms with Crippen molar-refractivity contribution < 1.29 is 23.1 Å². The molecule has 2 aromatic rings. The second-order valence-corrected chi connectivity index (χ2v) is 9.04. The minimum absolute atomic E-state index is 0.0462. The van der Waals surface area contributed by atoms with Gasteiger partial charge in [0.25, 0.3) is 0 Å². The number of nitrogens with zero attached hydrogens (tertiary/aromatic N) is 2. The summed E-state index contributed by atoms with van der Waals surface area (Å²) >= 11 is 0. The molecule has 2 heterocycles. The van der Waals surface area contributed by atoms with Crippen LogP contribution in [0.1, 0.15) is 48.5 Å². The van der Waals surface area contributed by atoms with Gasteiger partial charge in [-0.05, 0) is 31.6 Å². The lowest BCUT2D eigenvalue weighted by Gasteiger charge is -2.43. The molecule has 166 valence electrons. The predicted molar refractivity (Wildman–Crippen MR) is 109 cm³/mol. The standard InChI is InChI=1S/C21H23F3N4O3/c22-11-6-12(11)28-8-10(20(30)31)19(29)13-16(25)14(23)18(15(24)17(13)28)27-5-2-9(7-27)21(26)3-1-4-21/h8-9,11-12H,1-7,25-26H2,(H,30,31)/t9?,11-,12+/m0/s1. The number of fused-ring (bicyclic) bond motifs is 1. The van der Waals surface area contributed by atoms with Gasteiger partial charge < -0.3 is 26.0 Å². The van der Waals surface area contributed by atoms with Gasteiger partial charge in [0.15, 0.2) is 11.6 Å². The molecule has 5 rings (SSSR count). The monoisotopic (exact) mass is 436 g/mol. The van der Waals surface area contributed by atoms with Gasteiger partial charge in [0, 0.05) is 31.2 Å². The van der Waals surface area contributed by atoms with E-state index in [4.69, 9.17) is 11.5 Å². The van der Waals surface area contributed by atoms with Gasteiger partial charge in [-0.2, -0.15) is 0 Å². The molecule has 1 aromatic carbocycles. The average molecular weight is 436 g/mol. The smallest absolute Gasteiger partial charge is 0.341 e. The molecule has 31 heavy (non-hydrogen) atoms. The minimum atomic E-state index is -1.57. The highest BCUT2D eigenvalue weighted by Crippen LogP contribution is 2.46. The van der Waals surface area contributed by atoms with Crippen LogP contribution in [0.3, 0.4) is 0 Å². The lowest BCUT2D eigenvalue weighted by atomic mass is 9.68. The van der Waals surface area contributed by atoms with Crippen LogP contribution in [0.2, 0.25) is 0 Å². The van der Waals surface area contributed by atoms with Crippen LogP contribution in [0.15, 0.2) is 11.0 Å². The summed E-state index contributed by atoms with van der Waals surface area (Å²) in [5.41, 5.74) is 8.84. The van der Waals surface area contributed by atoms with Crippen LogP contribution < -0.4 is 21.8 Å². The number of carboxylic acid groups (broad SMARTS) is 1. The molecule has 1 aromatic heterocycles. The van der Waals surface area contributed by atoms with Crippen molar-refractivity contribution in [3.05, 3.63) is 33.6 Å². The molecule has 3 aliphatic rings. The first-order valence-corrected chi connectivity index (χ1v) is 10.4. The summed E-state index contributed by atoms with van der Waals surface area (Å²) in [6.45, 7) is 0.719. The summed E-state index contributed by atoms with van der Waals surface area (Å²) in [6.07, 6.45) is 3.10. The summed E-state index contributed by atoms with van der Waals surface area (Å²) in [6, 6.07) is -0.831. The molecule has 1 saturated heterocycles. The van der Waals surface area contributed by atoms with Crippen molar-refractivity contribution >= 4 is 28.2 Å². The van der Waals surface area contributed by atoms with Crippen LogP contribution in [0.25, 0.3) is 10.9 Å². The molecular formula is C21H23F3N4O3. The Labute approximate surface area is 175 Å². The van der Waals surface area contributed by atoms with Crippen LogP contribution in [-0.2, 0) is 0 Å². The Hall–Kier alpha value is -2.75. The Morgan fingerprint density at radius 2 is 1.94 bits per heavy atom.